The molecule has 2 N–H and O–H groups in total. The number of aromatic amines is 1. The SMILES string of the molecule is O=C(O)CN1CCCN(S(=O)(=O)c2cn[nH]c2)CC1. The molecule has 1 aliphatic heterocycles. The second-order valence-electron chi connectivity index (χ2n) is 4.36. The van der Waals surface area contributed by atoms with Crippen molar-refractivity contribution in [3.63, 3.8) is 0 Å². The second kappa shape index (κ2) is 5.68. The molecule has 0 atom stereocenters. The van der Waals surface area contributed by atoms with Crippen LogP contribution in [-0.2, 0) is 14.8 Å². The predicted octanol–water partition coefficient (Wildman–Crippen LogP) is -0.809. The third-order valence-electron chi connectivity index (χ3n) is 3.02. The number of nitrogens with one attached hydrogen (secondary N) is 1. The van der Waals surface area contributed by atoms with Crippen LogP contribution in [0.25, 0.3) is 0 Å². The molecule has 0 aliphatic carbocycles. The van der Waals surface area contributed by atoms with E-state index in [1.54, 1.807) is 4.90 Å². The van der Waals surface area contributed by atoms with E-state index in [0.29, 0.717) is 32.6 Å². The summed E-state index contributed by atoms with van der Waals surface area (Å²) in [6.07, 6.45) is 3.23. The predicted molar refractivity (Wildman–Crippen MR) is 66.0 cm³/mol. The molecule has 1 saturated heterocycles. The van der Waals surface area contributed by atoms with Crippen LogP contribution in [0.15, 0.2) is 17.3 Å². The number of aliphatic carboxylic acids is 1. The lowest BCUT2D eigenvalue weighted by Crippen LogP contribution is -2.36. The molecule has 0 bridgehead atoms. The van der Waals surface area contributed by atoms with Crippen molar-refractivity contribution in [2.24, 2.45) is 0 Å². The van der Waals surface area contributed by atoms with E-state index in [-0.39, 0.29) is 11.4 Å². The number of carbonyl (C=O) groups is 1. The van der Waals surface area contributed by atoms with Gasteiger partial charge >= 0.3 is 5.97 Å². The molecule has 0 saturated carbocycles. The number of hydrogen-bond donors (Lipinski definition) is 2. The lowest BCUT2D eigenvalue weighted by molar-refractivity contribution is -0.138. The molecule has 1 fully saturated rings. The van der Waals surface area contributed by atoms with Crippen molar-refractivity contribution in [2.45, 2.75) is 11.3 Å². The van der Waals surface area contributed by atoms with E-state index in [1.807, 2.05) is 0 Å². The molecule has 1 aromatic heterocycles. The molecule has 0 amide bonds. The van der Waals surface area contributed by atoms with Crippen LogP contribution in [0.2, 0.25) is 0 Å². The van der Waals surface area contributed by atoms with Crippen LogP contribution in [0.3, 0.4) is 0 Å². The van der Waals surface area contributed by atoms with E-state index in [2.05, 4.69) is 10.2 Å². The molecule has 0 radical (unpaired) electrons. The Morgan fingerprint density at radius 2 is 2.16 bits per heavy atom. The van der Waals surface area contributed by atoms with Crippen molar-refractivity contribution in [1.82, 2.24) is 19.4 Å². The zero-order chi connectivity index (χ0) is 13.9. The minimum Gasteiger partial charge on any atom is -0.480 e. The first kappa shape index (κ1) is 14.0. The summed E-state index contributed by atoms with van der Waals surface area (Å²) in [7, 11) is -3.53. The first-order chi connectivity index (χ1) is 9.00. The van der Waals surface area contributed by atoms with Crippen LogP contribution >= 0.6 is 0 Å². The van der Waals surface area contributed by atoms with Crippen LogP contribution in [0, 0.1) is 0 Å². The Hall–Kier alpha value is -1.45. The Labute approximate surface area is 111 Å². The fraction of sp³-hybridized carbons (Fsp3) is 0.600. The van der Waals surface area contributed by atoms with Crippen molar-refractivity contribution < 1.29 is 18.3 Å². The van der Waals surface area contributed by atoms with Gasteiger partial charge in [-0.1, -0.05) is 0 Å². The highest BCUT2D eigenvalue weighted by Crippen LogP contribution is 2.16. The number of sulfonamides is 1. The monoisotopic (exact) mass is 288 g/mol. The molecular weight excluding hydrogens is 272 g/mol. The normalized spacial score (nSPS) is 19.2. The van der Waals surface area contributed by atoms with E-state index in [1.165, 1.54) is 16.7 Å². The standard InChI is InChI=1S/C10H16N4O4S/c15-10(16)8-13-2-1-3-14(5-4-13)19(17,18)9-6-11-12-7-9/h6-7H,1-5,8H2,(H,11,12)(H,15,16). The summed E-state index contributed by atoms with van der Waals surface area (Å²) in [5.41, 5.74) is 0. The average molecular weight is 288 g/mol. The van der Waals surface area contributed by atoms with Crippen molar-refractivity contribution >= 4 is 16.0 Å². The Balaban J connectivity index is 2.05. The number of aromatic nitrogens is 2. The van der Waals surface area contributed by atoms with Gasteiger partial charge in [-0.25, -0.2) is 8.42 Å². The number of carboxylic acids is 1. The van der Waals surface area contributed by atoms with Crippen molar-refractivity contribution in [3.05, 3.63) is 12.4 Å². The second-order valence-corrected chi connectivity index (χ2v) is 6.30. The van der Waals surface area contributed by atoms with E-state index in [9.17, 15) is 13.2 Å². The van der Waals surface area contributed by atoms with Crippen molar-refractivity contribution in [1.29, 1.82) is 0 Å². The average Bonchev–Trinajstić information content (AvgIpc) is 2.77. The maximum atomic E-state index is 12.3. The highest BCUT2D eigenvalue weighted by Gasteiger charge is 2.27. The van der Waals surface area contributed by atoms with Gasteiger partial charge in [-0.05, 0) is 6.42 Å². The Morgan fingerprint density at radius 1 is 1.37 bits per heavy atom. The molecular formula is C10H16N4O4S. The largest absolute Gasteiger partial charge is 0.480 e. The van der Waals surface area contributed by atoms with Gasteiger partial charge in [-0.3, -0.25) is 14.8 Å². The number of nitrogens with zero attached hydrogens (tertiary/aromatic N) is 3. The minimum atomic E-state index is -3.53. The Morgan fingerprint density at radius 3 is 2.79 bits per heavy atom. The van der Waals surface area contributed by atoms with Crippen LogP contribution in [-0.4, -0.2) is 71.6 Å². The molecule has 0 aromatic carbocycles. The van der Waals surface area contributed by atoms with Gasteiger partial charge in [-0.15, -0.1) is 0 Å². The van der Waals surface area contributed by atoms with Gasteiger partial charge in [0.25, 0.3) is 0 Å². The van der Waals surface area contributed by atoms with Gasteiger partial charge < -0.3 is 5.11 Å². The van der Waals surface area contributed by atoms with Gasteiger partial charge in [0.05, 0.1) is 12.7 Å². The van der Waals surface area contributed by atoms with Gasteiger partial charge in [0.15, 0.2) is 0 Å². The van der Waals surface area contributed by atoms with Crippen LogP contribution in [0.4, 0.5) is 0 Å². The first-order valence-electron chi connectivity index (χ1n) is 5.93. The maximum absolute atomic E-state index is 12.3. The molecule has 19 heavy (non-hydrogen) atoms. The quantitative estimate of drug-likeness (QED) is 0.750. The fourth-order valence-corrected chi connectivity index (χ4v) is 3.44. The summed E-state index contributed by atoms with van der Waals surface area (Å²) < 4.78 is 25.9. The molecule has 0 unspecified atom stereocenters. The molecule has 8 nitrogen and oxygen atoms in total. The number of hydrogen-bond acceptors (Lipinski definition) is 5. The van der Waals surface area contributed by atoms with Gasteiger partial charge in [0.2, 0.25) is 10.0 Å². The zero-order valence-electron chi connectivity index (χ0n) is 10.3. The summed E-state index contributed by atoms with van der Waals surface area (Å²) in [4.78, 5) is 12.5. The number of rotatable bonds is 4. The van der Waals surface area contributed by atoms with Crippen molar-refractivity contribution in [3.8, 4) is 0 Å². The lowest BCUT2D eigenvalue weighted by Gasteiger charge is -2.19. The van der Waals surface area contributed by atoms with E-state index in [4.69, 9.17) is 5.11 Å². The molecule has 2 rings (SSSR count). The van der Waals surface area contributed by atoms with Crippen LogP contribution < -0.4 is 0 Å². The van der Waals surface area contributed by atoms with Crippen LogP contribution in [0.1, 0.15) is 6.42 Å². The zero-order valence-corrected chi connectivity index (χ0v) is 11.1. The summed E-state index contributed by atoms with van der Waals surface area (Å²) in [6.45, 7) is 1.64. The lowest BCUT2D eigenvalue weighted by atomic mass is 10.4. The highest BCUT2D eigenvalue weighted by atomic mass is 32.2. The summed E-state index contributed by atoms with van der Waals surface area (Å²) >= 11 is 0. The third-order valence-corrected chi connectivity index (χ3v) is 4.88. The van der Waals surface area contributed by atoms with Crippen molar-refractivity contribution in [2.75, 3.05) is 32.7 Å². The molecule has 0 spiro atoms. The molecule has 106 valence electrons. The third kappa shape index (κ3) is 3.31. The minimum absolute atomic E-state index is 0.0560. The van der Waals surface area contributed by atoms with Gasteiger partial charge in [0, 0.05) is 32.4 Å². The smallest absolute Gasteiger partial charge is 0.317 e. The fourth-order valence-electron chi connectivity index (χ4n) is 2.07. The summed E-state index contributed by atoms with van der Waals surface area (Å²) in [5, 5.41) is 14.9. The summed E-state index contributed by atoms with van der Waals surface area (Å²) in [6, 6.07) is 0. The topological polar surface area (TPSA) is 107 Å². The van der Waals surface area contributed by atoms with E-state index >= 15 is 0 Å². The molecule has 1 aliphatic rings. The highest BCUT2D eigenvalue weighted by molar-refractivity contribution is 7.89. The van der Waals surface area contributed by atoms with Gasteiger partial charge in [0.1, 0.15) is 4.90 Å². The molecule has 9 heteroatoms. The number of H-pyrrole nitrogens is 1. The van der Waals surface area contributed by atoms with Crippen LogP contribution in [0.5, 0.6) is 0 Å². The molecule has 1 aromatic rings. The summed E-state index contributed by atoms with van der Waals surface area (Å²) in [5.74, 6) is -0.897. The molecule has 2 heterocycles. The van der Waals surface area contributed by atoms with E-state index in [0.717, 1.165) is 0 Å². The Bertz CT molecular complexity index is 528. The first-order valence-corrected chi connectivity index (χ1v) is 7.37. The Kier molecular flexibility index (Phi) is 4.17. The van der Waals surface area contributed by atoms with E-state index < -0.39 is 16.0 Å². The number of carboxylic acid groups (broad SMARTS) is 1. The maximum Gasteiger partial charge on any atom is 0.317 e. The van der Waals surface area contributed by atoms with Gasteiger partial charge in [-0.2, -0.15) is 9.40 Å².